The molecule has 62 heavy (non-hydrogen) atoms. The Morgan fingerprint density at radius 3 is 1.98 bits per heavy atom. The molecular weight excluding hydrogens is 829 g/mol. The number of aliphatic hydroxyl groups is 1. The van der Waals surface area contributed by atoms with Gasteiger partial charge in [0.2, 0.25) is 0 Å². The topological polar surface area (TPSA) is 105 Å². The molecule has 0 aromatic heterocycles. The van der Waals surface area contributed by atoms with Gasteiger partial charge < -0.3 is 37.3 Å². The lowest BCUT2D eigenvalue weighted by Crippen LogP contribution is -2.46. The molecule has 2 aliphatic heterocycles. The second-order valence-electron chi connectivity index (χ2n) is 19.2. The molecule has 0 radical (unpaired) electrons. The van der Waals surface area contributed by atoms with E-state index >= 15 is 0 Å². The fourth-order valence-electron chi connectivity index (χ4n) is 9.88. The van der Waals surface area contributed by atoms with Crippen LogP contribution in [0.3, 0.4) is 0 Å². The third-order valence-corrected chi connectivity index (χ3v) is 29.3. The van der Waals surface area contributed by atoms with Gasteiger partial charge >= 0.3 is 5.97 Å². The molecule has 2 rings (SSSR count). The third kappa shape index (κ3) is 16.1. The summed E-state index contributed by atoms with van der Waals surface area (Å²) in [6.07, 6.45) is 11.2. The first-order chi connectivity index (χ1) is 29.2. The standard InChI is InChI=1S/C50H96O9Si3/c1-18-43(58-61(23-6,24-7)25-8)40(14)48-44(54-48)37-49(16,59-62(26-9,27-10)28-11)34-29-30-38(12)47-39(13)31-32-45(51)50(17,56-41(15)53-19-2)35-33-42(36-46(52)55-47)57-60(20-3,21-4)22-5/h29-32,34,39-45,47-48,51H,18-28,33,35-37H2,1-17H3/b32-31+,34-29+,38-30+/t39-,40+,41?,42+,43-,44-,45-,47+,48-,49?,50+/m0/s1. The number of cyclic esters (lactones) is 1. The summed E-state index contributed by atoms with van der Waals surface area (Å²) >= 11 is 0. The summed E-state index contributed by atoms with van der Waals surface area (Å²) in [6, 6.07) is 9.52. The molecule has 12 heteroatoms. The molecule has 2 unspecified atom stereocenters. The molecule has 0 aromatic rings. The molecule has 1 saturated heterocycles. The second-order valence-corrected chi connectivity index (χ2v) is 33.4. The average molecular weight is 926 g/mol. The smallest absolute Gasteiger partial charge is 0.308 e. The molecular formula is C50H96O9Si3. The van der Waals surface area contributed by atoms with Crippen molar-refractivity contribution < 1.29 is 42.1 Å². The van der Waals surface area contributed by atoms with Gasteiger partial charge in [-0.3, -0.25) is 4.79 Å². The lowest BCUT2D eigenvalue weighted by atomic mass is 9.88. The van der Waals surface area contributed by atoms with Gasteiger partial charge in [0.15, 0.2) is 31.2 Å². The number of epoxide rings is 1. The van der Waals surface area contributed by atoms with Crippen molar-refractivity contribution in [3.8, 4) is 0 Å². The molecule has 0 bridgehead atoms. The van der Waals surface area contributed by atoms with E-state index in [4.69, 9.17) is 32.2 Å². The minimum Gasteiger partial charge on any atom is -0.457 e. The molecule has 9 nitrogen and oxygen atoms in total. The Labute approximate surface area is 384 Å². The van der Waals surface area contributed by atoms with Gasteiger partial charge in [0.25, 0.3) is 0 Å². The van der Waals surface area contributed by atoms with Crippen molar-refractivity contribution in [1.82, 2.24) is 0 Å². The van der Waals surface area contributed by atoms with Crippen LogP contribution in [0.25, 0.3) is 0 Å². The zero-order valence-corrected chi connectivity index (χ0v) is 45.9. The van der Waals surface area contributed by atoms with Gasteiger partial charge in [0, 0.05) is 31.0 Å². The molecule has 2 aliphatic rings. The zero-order valence-electron chi connectivity index (χ0n) is 42.9. The Morgan fingerprint density at radius 1 is 0.903 bits per heavy atom. The fourth-order valence-corrected chi connectivity index (χ4v) is 18.9. The van der Waals surface area contributed by atoms with Gasteiger partial charge in [-0.2, -0.15) is 0 Å². The Morgan fingerprint density at radius 2 is 1.47 bits per heavy atom. The van der Waals surface area contributed by atoms with Crippen LogP contribution in [0.4, 0.5) is 0 Å². The van der Waals surface area contributed by atoms with Gasteiger partial charge in [-0.25, -0.2) is 0 Å². The van der Waals surface area contributed by atoms with Crippen LogP contribution in [-0.2, 0) is 37.0 Å². The second kappa shape index (κ2) is 26.4. The summed E-state index contributed by atoms with van der Waals surface area (Å²) in [4.78, 5) is 14.0. The van der Waals surface area contributed by atoms with Crippen LogP contribution in [0.1, 0.15) is 150 Å². The van der Waals surface area contributed by atoms with Crippen LogP contribution in [0.5, 0.6) is 0 Å². The van der Waals surface area contributed by atoms with E-state index < -0.39 is 54.7 Å². The van der Waals surface area contributed by atoms with Crippen molar-refractivity contribution in [2.75, 3.05) is 6.61 Å². The van der Waals surface area contributed by atoms with Crippen LogP contribution < -0.4 is 0 Å². The minimum absolute atomic E-state index is 0.0979. The van der Waals surface area contributed by atoms with E-state index in [1.807, 2.05) is 40.7 Å². The average Bonchev–Trinajstić information content (AvgIpc) is 4.03. The van der Waals surface area contributed by atoms with Gasteiger partial charge in [-0.1, -0.05) is 113 Å². The summed E-state index contributed by atoms with van der Waals surface area (Å²) in [6.45, 7) is 37.5. The van der Waals surface area contributed by atoms with E-state index in [9.17, 15) is 9.90 Å². The van der Waals surface area contributed by atoms with Crippen molar-refractivity contribution in [3.05, 3.63) is 36.0 Å². The van der Waals surface area contributed by atoms with Crippen LogP contribution in [0.15, 0.2) is 36.0 Å². The van der Waals surface area contributed by atoms with Crippen LogP contribution in [0.2, 0.25) is 54.4 Å². The van der Waals surface area contributed by atoms with E-state index in [0.717, 1.165) is 72.8 Å². The number of allylic oxidation sites excluding steroid dienone is 2. The first-order valence-corrected chi connectivity index (χ1v) is 32.8. The van der Waals surface area contributed by atoms with Gasteiger partial charge in [0.1, 0.15) is 12.2 Å². The van der Waals surface area contributed by atoms with Crippen LogP contribution in [-0.4, -0.2) is 96.8 Å². The summed E-state index contributed by atoms with van der Waals surface area (Å²) in [5.41, 5.74) is -0.577. The number of carbonyl (C=O) groups excluding carboxylic acids is 1. The van der Waals surface area contributed by atoms with Crippen molar-refractivity contribution in [2.45, 2.75) is 258 Å². The summed E-state index contributed by atoms with van der Waals surface area (Å²) < 4.78 is 46.5. The number of rotatable bonds is 27. The van der Waals surface area contributed by atoms with Gasteiger partial charge in [0.05, 0.1) is 35.9 Å². The van der Waals surface area contributed by atoms with Gasteiger partial charge in [-0.05, 0) is 114 Å². The first-order valence-electron chi connectivity index (χ1n) is 25.2. The van der Waals surface area contributed by atoms with E-state index in [1.54, 1.807) is 6.08 Å². The lowest BCUT2D eigenvalue weighted by molar-refractivity contribution is -0.221. The van der Waals surface area contributed by atoms with Crippen molar-refractivity contribution in [1.29, 1.82) is 0 Å². The molecule has 0 aliphatic carbocycles. The highest BCUT2D eigenvalue weighted by Gasteiger charge is 2.51. The molecule has 2 heterocycles. The largest absolute Gasteiger partial charge is 0.457 e. The molecule has 1 N–H and O–H groups in total. The maximum atomic E-state index is 14.0. The van der Waals surface area contributed by atoms with Crippen molar-refractivity contribution in [2.24, 2.45) is 11.8 Å². The Bertz CT molecular complexity index is 1370. The van der Waals surface area contributed by atoms with E-state index in [2.05, 4.69) is 101 Å². The number of aliphatic hydroxyl groups excluding tert-OH is 1. The Balaban J connectivity index is 2.53. The molecule has 0 amide bonds. The highest BCUT2D eigenvalue weighted by Crippen LogP contribution is 2.43. The first kappa shape index (κ1) is 57.2. The maximum absolute atomic E-state index is 14.0. The number of carbonyl (C=O) groups is 1. The molecule has 11 atom stereocenters. The van der Waals surface area contributed by atoms with Gasteiger partial charge in [-0.15, -0.1) is 0 Å². The quantitative estimate of drug-likeness (QED) is 0.0215. The molecule has 362 valence electrons. The monoisotopic (exact) mass is 925 g/mol. The number of hydrogen-bond donors (Lipinski definition) is 1. The third-order valence-electron chi connectivity index (χ3n) is 15.2. The number of ether oxygens (including phenoxy) is 4. The fraction of sp³-hybridized carbons (Fsp3) is 0.860. The van der Waals surface area contributed by atoms with Crippen molar-refractivity contribution >= 4 is 30.9 Å². The SMILES string of the molecule is CCOC(C)O[C@]1(C)CC[C@@H](O[Si](CC)(CC)CC)CC(=O)O[C@H](/C(C)=C/C=C/C(C)(C[C@@H]2O[C@H]2[C@H](C)[C@H](CC)O[Si](CC)(CC)CC)O[Si](CC)(CC)CC)[C@@H](C)/C=C/[C@@H]1O. The van der Waals surface area contributed by atoms with E-state index in [-0.39, 0.29) is 42.7 Å². The number of esters is 1. The molecule has 1 fully saturated rings. The van der Waals surface area contributed by atoms with E-state index in [0.29, 0.717) is 25.4 Å². The minimum atomic E-state index is -2.08. The molecule has 0 spiro atoms. The van der Waals surface area contributed by atoms with E-state index in [1.165, 1.54) is 0 Å². The summed E-state index contributed by atoms with van der Waals surface area (Å²) in [7, 11) is -5.86. The van der Waals surface area contributed by atoms with Crippen molar-refractivity contribution in [3.63, 3.8) is 0 Å². The Hall–Kier alpha value is -0.939. The van der Waals surface area contributed by atoms with Crippen LogP contribution >= 0.6 is 0 Å². The Kier molecular flexibility index (Phi) is 24.4. The molecule has 0 saturated carbocycles. The lowest BCUT2D eigenvalue weighted by Gasteiger charge is -2.39. The predicted molar refractivity (Wildman–Crippen MR) is 265 cm³/mol. The maximum Gasteiger partial charge on any atom is 0.308 e. The highest BCUT2D eigenvalue weighted by atomic mass is 28.4. The normalized spacial score (nSPS) is 29.0. The summed E-state index contributed by atoms with van der Waals surface area (Å²) in [5.74, 6) is -0.197. The molecule has 0 aromatic carbocycles. The summed E-state index contributed by atoms with van der Waals surface area (Å²) in [5, 5.41) is 11.8. The zero-order chi connectivity index (χ0) is 46.9. The number of hydrogen-bond acceptors (Lipinski definition) is 9. The predicted octanol–water partition coefficient (Wildman–Crippen LogP) is 13.1. The van der Waals surface area contributed by atoms with Crippen LogP contribution in [0, 0.1) is 11.8 Å². The highest BCUT2D eigenvalue weighted by molar-refractivity contribution is 6.74.